The largest absolute Gasteiger partial charge is 0.279 e. The monoisotopic (exact) mass is 414 g/mol. The Balaban J connectivity index is 2.39. The summed E-state index contributed by atoms with van der Waals surface area (Å²) in [5, 5.41) is 10.8. The number of nitrogens with one attached hydrogen (secondary N) is 1. The number of halogens is 3. The normalized spacial score (nSPS) is 11.4. The van der Waals surface area contributed by atoms with Crippen LogP contribution in [0, 0.1) is 15.9 Å². The zero-order valence-corrected chi connectivity index (χ0v) is 13.8. The molecule has 2 rings (SSSR count). The highest BCUT2D eigenvalue weighted by Gasteiger charge is 2.20. The Labute approximate surface area is 135 Å². The lowest BCUT2D eigenvalue weighted by Gasteiger charge is -2.06. The summed E-state index contributed by atoms with van der Waals surface area (Å²) in [5.41, 5.74) is -0.805. The van der Waals surface area contributed by atoms with E-state index in [1.165, 1.54) is 6.07 Å². The molecule has 0 fully saturated rings. The predicted molar refractivity (Wildman–Crippen MR) is 80.9 cm³/mol. The van der Waals surface area contributed by atoms with E-state index in [2.05, 4.69) is 20.7 Å². The second kappa shape index (κ2) is 5.87. The van der Waals surface area contributed by atoms with E-state index in [9.17, 15) is 22.9 Å². The molecular weight excluding hydrogens is 411 g/mol. The summed E-state index contributed by atoms with van der Waals surface area (Å²) in [6.07, 6.45) is 0. The van der Waals surface area contributed by atoms with E-state index in [1.807, 2.05) is 0 Å². The third-order valence-electron chi connectivity index (χ3n) is 2.23. The van der Waals surface area contributed by atoms with Gasteiger partial charge >= 0.3 is 0 Å². The van der Waals surface area contributed by atoms with Crippen molar-refractivity contribution in [3.05, 3.63) is 49.0 Å². The molecule has 0 bridgehead atoms. The number of nitro benzene ring substituents is 1. The summed E-state index contributed by atoms with van der Waals surface area (Å²) in [4.78, 5) is 9.81. The highest BCUT2D eigenvalue weighted by molar-refractivity contribution is 9.11. The highest BCUT2D eigenvalue weighted by Crippen LogP contribution is 2.35. The molecule has 21 heavy (non-hydrogen) atoms. The van der Waals surface area contributed by atoms with Crippen LogP contribution in [0.4, 0.5) is 15.8 Å². The molecule has 6 nitrogen and oxygen atoms in total. The first-order chi connectivity index (χ1) is 9.69. The minimum atomic E-state index is -4.01. The van der Waals surface area contributed by atoms with E-state index < -0.39 is 26.5 Å². The van der Waals surface area contributed by atoms with Crippen LogP contribution in [0.25, 0.3) is 0 Å². The molecule has 0 amide bonds. The van der Waals surface area contributed by atoms with Crippen LogP contribution in [0.3, 0.4) is 0 Å². The van der Waals surface area contributed by atoms with Crippen molar-refractivity contribution in [1.82, 2.24) is 0 Å². The van der Waals surface area contributed by atoms with Crippen molar-refractivity contribution in [2.24, 2.45) is 0 Å². The van der Waals surface area contributed by atoms with Gasteiger partial charge in [0.05, 0.1) is 25.5 Å². The van der Waals surface area contributed by atoms with Crippen molar-refractivity contribution >= 4 is 60.3 Å². The maximum atomic E-state index is 13.3. The van der Waals surface area contributed by atoms with Gasteiger partial charge in [0.1, 0.15) is 10.0 Å². The summed E-state index contributed by atoms with van der Waals surface area (Å²) < 4.78 is 39.8. The van der Waals surface area contributed by atoms with Crippen LogP contribution in [0.15, 0.2) is 32.3 Å². The smallest absolute Gasteiger partial charge is 0.274 e. The van der Waals surface area contributed by atoms with Gasteiger partial charge in [-0.2, -0.15) is 0 Å². The van der Waals surface area contributed by atoms with Crippen molar-refractivity contribution in [2.45, 2.75) is 4.21 Å². The van der Waals surface area contributed by atoms with Crippen molar-refractivity contribution in [3.8, 4) is 0 Å². The summed E-state index contributed by atoms with van der Waals surface area (Å²) in [6, 6.07) is 3.67. The van der Waals surface area contributed by atoms with E-state index in [4.69, 9.17) is 11.6 Å². The fourth-order valence-electron chi connectivity index (χ4n) is 1.40. The number of nitro groups is 1. The number of anilines is 1. The zero-order chi connectivity index (χ0) is 15.8. The second-order valence-electron chi connectivity index (χ2n) is 3.75. The molecule has 0 saturated carbocycles. The number of nitrogens with zero attached hydrogens (tertiary/aromatic N) is 1. The van der Waals surface area contributed by atoms with Crippen LogP contribution in [0.1, 0.15) is 0 Å². The van der Waals surface area contributed by atoms with Gasteiger partial charge < -0.3 is 0 Å². The van der Waals surface area contributed by atoms with Gasteiger partial charge in [-0.15, -0.1) is 11.3 Å². The zero-order valence-electron chi connectivity index (χ0n) is 9.84. The standard InChI is InChI=1S/C10H5BrClFN2O4S2/c11-10-8(12)4-9(20-10)21(18,19)14-6-1-5(13)2-7(3-6)15(16)17/h1-4,14H. The van der Waals surface area contributed by atoms with Gasteiger partial charge in [-0.25, -0.2) is 12.8 Å². The molecule has 0 radical (unpaired) electrons. The molecule has 0 aliphatic heterocycles. The van der Waals surface area contributed by atoms with Crippen LogP contribution in [0.2, 0.25) is 5.02 Å². The van der Waals surface area contributed by atoms with Crippen LogP contribution in [-0.4, -0.2) is 13.3 Å². The summed E-state index contributed by atoms with van der Waals surface area (Å²) in [7, 11) is -4.01. The first-order valence-corrected chi connectivity index (χ1v) is 8.59. The molecule has 112 valence electrons. The first kappa shape index (κ1) is 16.1. The van der Waals surface area contributed by atoms with Crippen LogP contribution in [-0.2, 0) is 10.0 Å². The molecule has 0 aliphatic rings. The van der Waals surface area contributed by atoms with Gasteiger partial charge in [0.15, 0.2) is 0 Å². The van der Waals surface area contributed by atoms with Crippen molar-refractivity contribution in [1.29, 1.82) is 0 Å². The fraction of sp³-hybridized carbons (Fsp3) is 0. The van der Waals surface area contributed by atoms with Gasteiger partial charge in [-0.05, 0) is 28.1 Å². The minimum absolute atomic E-state index is 0.105. The SMILES string of the molecule is O=[N+]([O-])c1cc(F)cc(NS(=O)(=O)c2cc(Cl)c(Br)s2)c1. The van der Waals surface area contributed by atoms with Crippen LogP contribution >= 0.6 is 38.9 Å². The maximum Gasteiger partial charge on any atom is 0.274 e. The Kier molecular flexibility index (Phi) is 4.51. The predicted octanol–water partition coefficient (Wildman–Crippen LogP) is 4.01. The number of non-ortho nitro benzene ring substituents is 1. The highest BCUT2D eigenvalue weighted by atomic mass is 79.9. The average molecular weight is 416 g/mol. The molecule has 11 heteroatoms. The number of sulfonamides is 1. The molecule has 2 aromatic rings. The van der Waals surface area contributed by atoms with Gasteiger partial charge in [-0.3, -0.25) is 14.8 Å². The van der Waals surface area contributed by atoms with Crippen LogP contribution < -0.4 is 4.72 Å². The van der Waals surface area contributed by atoms with Crippen molar-refractivity contribution in [2.75, 3.05) is 4.72 Å². The van der Waals surface area contributed by atoms with E-state index in [1.54, 1.807) is 0 Å². The molecule has 1 N–H and O–H groups in total. The Bertz CT molecular complexity index is 805. The third-order valence-corrected chi connectivity index (χ3v) is 6.56. The van der Waals surface area contributed by atoms with E-state index >= 15 is 0 Å². The Morgan fingerprint density at radius 3 is 2.52 bits per heavy atom. The maximum absolute atomic E-state index is 13.3. The van der Waals surface area contributed by atoms with E-state index in [0.29, 0.717) is 9.85 Å². The molecule has 1 aromatic heterocycles. The molecular formula is C10H5BrClFN2O4S2. The van der Waals surface area contributed by atoms with E-state index in [0.717, 1.165) is 23.5 Å². The number of benzene rings is 1. The number of thiophene rings is 1. The molecule has 0 spiro atoms. The Hall–Kier alpha value is -1.23. The van der Waals surface area contributed by atoms with E-state index in [-0.39, 0.29) is 14.9 Å². The topological polar surface area (TPSA) is 89.3 Å². The number of rotatable bonds is 4. The quantitative estimate of drug-likeness (QED) is 0.603. The van der Waals surface area contributed by atoms with Gasteiger partial charge in [0.25, 0.3) is 15.7 Å². The molecule has 0 atom stereocenters. The molecule has 1 aromatic carbocycles. The first-order valence-electron chi connectivity index (χ1n) is 5.11. The van der Waals surface area contributed by atoms with Crippen molar-refractivity contribution in [3.63, 3.8) is 0 Å². The van der Waals surface area contributed by atoms with Crippen LogP contribution in [0.5, 0.6) is 0 Å². The molecule has 0 unspecified atom stereocenters. The molecule has 0 saturated heterocycles. The Morgan fingerprint density at radius 2 is 2.00 bits per heavy atom. The third kappa shape index (κ3) is 3.70. The summed E-state index contributed by atoms with van der Waals surface area (Å²) in [6.45, 7) is 0. The molecule has 1 heterocycles. The second-order valence-corrected chi connectivity index (χ2v) is 8.43. The Morgan fingerprint density at radius 1 is 1.33 bits per heavy atom. The van der Waals surface area contributed by atoms with Crippen molar-refractivity contribution < 1.29 is 17.7 Å². The van der Waals surface area contributed by atoms with Gasteiger partial charge in [-0.1, -0.05) is 11.6 Å². The lowest BCUT2D eigenvalue weighted by Crippen LogP contribution is -2.11. The average Bonchev–Trinajstić information content (AvgIpc) is 2.69. The minimum Gasteiger partial charge on any atom is -0.279 e. The van der Waals surface area contributed by atoms with Gasteiger partial charge in [0.2, 0.25) is 0 Å². The number of hydrogen-bond donors (Lipinski definition) is 1. The van der Waals surface area contributed by atoms with Gasteiger partial charge in [0, 0.05) is 6.07 Å². The molecule has 0 aliphatic carbocycles. The lowest BCUT2D eigenvalue weighted by molar-refractivity contribution is -0.385. The summed E-state index contributed by atoms with van der Waals surface area (Å²) in [5.74, 6) is -0.924. The fourth-order valence-corrected chi connectivity index (χ4v) is 4.84. The summed E-state index contributed by atoms with van der Waals surface area (Å²) >= 11 is 9.70. The number of hydrogen-bond acceptors (Lipinski definition) is 5. The lowest BCUT2D eigenvalue weighted by atomic mass is 10.3.